The van der Waals surface area contributed by atoms with Gasteiger partial charge in [-0.2, -0.15) is 0 Å². The third-order valence-corrected chi connectivity index (χ3v) is 4.56. The topological polar surface area (TPSA) is 53.6 Å². The zero-order chi connectivity index (χ0) is 16.1. The van der Waals surface area contributed by atoms with Crippen LogP contribution in [0.1, 0.15) is 18.4 Å². The van der Waals surface area contributed by atoms with Crippen molar-refractivity contribution in [3.8, 4) is 0 Å². The highest BCUT2D eigenvalue weighted by molar-refractivity contribution is 7.81. The Labute approximate surface area is 145 Å². The SMILES string of the molecule is COC(=O)Cc1c(Cl)ccc(NC(=S)N2CCCCN2)c1S. The average molecular weight is 360 g/mol. The first kappa shape index (κ1) is 17.3. The molecule has 0 bridgehead atoms. The lowest BCUT2D eigenvalue weighted by Gasteiger charge is -2.30. The van der Waals surface area contributed by atoms with Crippen LogP contribution in [0.15, 0.2) is 17.0 Å². The number of benzene rings is 1. The largest absolute Gasteiger partial charge is 0.469 e. The van der Waals surface area contributed by atoms with Gasteiger partial charge in [-0.15, -0.1) is 12.6 Å². The first-order valence-corrected chi connectivity index (χ1v) is 8.15. The molecule has 1 aromatic rings. The van der Waals surface area contributed by atoms with Crippen molar-refractivity contribution in [2.75, 3.05) is 25.5 Å². The Hall–Kier alpha value is -1.02. The lowest BCUT2D eigenvalue weighted by molar-refractivity contribution is -0.139. The molecule has 2 rings (SSSR count). The van der Waals surface area contributed by atoms with E-state index in [1.165, 1.54) is 7.11 Å². The number of thiocarbonyl (C=S) groups is 1. The number of nitrogens with zero attached hydrogens (tertiary/aromatic N) is 1. The fourth-order valence-corrected chi connectivity index (χ4v) is 3.03. The molecule has 5 nitrogen and oxygen atoms in total. The Bertz CT molecular complexity index is 577. The van der Waals surface area contributed by atoms with Gasteiger partial charge in [0.1, 0.15) is 0 Å². The van der Waals surface area contributed by atoms with Gasteiger partial charge in [0.15, 0.2) is 5.11 Å². The third-order valence-electron chi connectivity index (χ3n) is 3.37. The van der Waals surface area contributed by atoms with Crippen LogP contribution in [-0.4, -0.2) is 36.3 Å². The third kappa shape index (κ3) is 4.25. The fourth-order valence-electron chi connectivity index (χ4n) is 2.14. The van der Waals surface area contributed by atoms with Crippen LogP contribution in [0.2, 0.25) is 5.02 Å². The highest BCUT2D eigenvalue weighted by Gasteiger charge is 2.17. The molecule has 8 heteroatoms. The second kappa shape index (κ2) is 8.01. The van der Waals surface area contributed by atoms with Crippen molar-refractivity contribution < 1.29 is 9.53 Å². The molecule has 0 spiro atoms. The molecule has 1 aromatic carbocycles. The number of carbonyl (C=O) groups excluding carboxylic acids is 1. The van der Waals surface area contributed by atoms with Gasteiger partial charge in [-0.05, 0) is 42.8 Å². The lowest BCUT2D eigenvalue weighted by atomic mass is 10.1. The Morgan fingerprint density at radius 1 is 1.55 bits per heavy atom. The molecule has 1 aliphatic heterocycles. The lowest BCUT2D eigenvalue weighted by Crippen LogP contribution is -2.48. The van der Waals surface area contributed by atoms with E-state index in [9.17, 15) is 4.79 Å². The van der Waals surface area contributed by atoms with Crippen LogP contribution in [0.5, 0.6) is 0 Å². The second-order valence-corrected chi connectivity index (χ2v) is 6.11. The molecular weight excluding hydrogens is 342 g/mol. The Morgan fingerprint density at radius 2 is 2.32 bits per heavy atom. The van der Waals surface area contributed by atoms with Gasteiger partial charge in [-0.25, -0.2) is 5.43 Å². The van der Waals surface area contributed by atoms with Gasteiger partial charge in [0.2, 0.25) is 0 Å². The molecule has 1 heterocycles. The number of hydrazine groups is 1. The standard InChI is InChI=1S/C14H18ClN3O2S2/c1-20-12(19)8-9-10(15)4-5-11(13(9)21)17-14(22)18-7-3-2-6-16-18/h4-5,16,21H,2-3,6-8H2,1H3,(H,17,22). The number of carbonyl (C=O) groups is 1. The Morgan fingerprint density at radius 3 is 2.95 bits per heavy atom. The minimum Gasteiger partial charge on any atom is -0.469 e. The van der Waals surface area contributed by atoms with Crippen molar-refractivity contribution in [3.05, 3.63) is 22.7 Å². The number of esters is 1. The van der Waals surface area contributed by atoms with Crippen LogP contribution >= 0.6 is 36.4 Å². The van der Waals surface area contributed by atoms with Crippen LogP contribution in [0.3, 0.4) is 0 Å². The van der Waals surface area contributed by atoms with Crippen molar-refractivity contribution in [3.63, 3.8) is 0 Å². The maximum Gasteiger partial charge on any atom is 0.310 e. The van der Waals surface area contributed by atoms with Gasteiger partial charge in [0, 0.05) is 23.0 Å². The first-order chi connectivity index (χ1) is 10.5. The van der Waals surface area contributed by atoms with E-state index in [-0.39, 0.29) is 12.4 Å². The minimum absolute atomic E-state index is 0.0679. The molecule has 2 N–H and O–H groups in total. The minimum atomic E-state index is -0.366. The Balaban J connectivity index is 2.15. The molecule has 0 unspecified atom stereocenters. The molecule has 22 heavy (non-hydrogen) atoms. The molecule has 1 fully saturated rings. The van der Waals surface area contributed by atoms with Crippen molar-refractivity contribution >= 4 is 53.2 Å². The van der Waals surface area contributed by atoms with E-state index in [0.29, 0.717) is 26.3 Å². The van der Waals surface area contributed by atoms with Gasteiger partial charge < -0.3 is 10.1 Å². The summed E-state index contributed by atoms with van der Waals surface area (Å²) in [6.45, 7) is 1.76. The monoisotopic (exact) mass is 359 g/mol. The van der Waals surface area contributed by atoms with E-state index in [2.05, 4.69) is 28.1 Å². The number of rotatable bonds is 3. The van der Waals surface area contributed by atoms with E-state index in [1.807, 2.05) is 5.01 Å². The number of hydrogen-bond donors (Lipinski definition) is 3. The zero-order valence-electron chi connectivity index (χ0n) is 12.2. The normalized spacial score (nSPS) is 14.6. The number of nitrogens with one attached hydrogen (secondary N) is 2. The molecule has 120 valence electrons. The average Bonchev–Trinajstić information content (AvgIpc) is 2.54. The van der Waals surface area contributed by atoms with Gasteiger partial charge in [0.25, 0.3) is 0 Å². The molecule has 0 radical (unpaired) electrons. The predicted molar refractivity (Wildman–Crippen MR) is 94.6 cm³/mol. The van der Waals surface area contributed by atoms with E-state index in [4.69, 9.17) is 23.8 Å². The van der Waals surface area contributed by atoms with E-state index in [1.54, 1.807) is 12.1 Å². The summed E-state index contributed by atoms with van der Waals surface area (Å²) in [6.07, 6.45) is 2.30. The van der Waals surface area contributed by atoms with Crippen molar-refractivity contribution in [1.29, 1.82) is 0 Å². The molecule has 0 atom stereocenters. The van der Waals surface area contributed by atoms with Crippen LogP contribution in [0.25, 0.3) is 0 Å². The number of methoxy groups -OCH3 is 1. The number of anilines is 1. The van der Waals surface area contributed by atoms with Gasteiger partial charge >= 0.3 is 5.97 Å². The summed E-state index contributed by atoms with van der Waals surface area (Å²) in [6, 6.07) is 3.51. The summed E-state index contributed by atoms with van der Waals surface area (Å²) in [7, 11) is 1.34. The molecule has 1 aliphatic rings. The van der Waals surface area contributed by atoms with Crippen molar-refractivity contribution in [1.82, 2.24) is 10.4 Å². The van der Waals surface area contributed by atoms with Gasteiger partial charge in [0.05, 0.1) is 19.2 Å². The number of thiol groups is 1. The highest BCUT2D eigenvalue weighted by Crippen LogP contribution is 2.31. The second-order valence-electron chi connectivity index (χ2n) is 4.87. The number of ether oxygens (including phenoxy) is 1. The summed E-state index contributed by atoms with van der Waals surface area (Å²) in [5.74, 6) is -0.366. The fraction of sp³-hybridized carbons (Fsp3) is 0.429. The van der Waals surface area contributed by atoms with E-state index < -0.39 is 0 Å². The van der Waals surface area contributed by atoms with Crippen molar-refractivity contribution in [2.24, 2.45) is 0 Å². The molecule has 0 amide bonds. The maximum atomic E-state index is 11.5. The quantitative estimate of drug-likeness (QED) is 0.438. The molecule has 0 saturated carbocycles. The van der Waals surface area contributed by atoms with Gasteiger partial charge in [-0.3, -0.25) is 9.80 Å². The van der Waals surface area contributed by atoms with E-state index >= 15 is 0 Å². The van der Waals surface area contributed by atoms with Crippen LogP contribution < -0.4 is 10.7 Å². The highest BCUT2D eigenvalue weighted by atomic mass is 35.5. The van der Waals surface area contributed by atoms with Crippen LogP contribution in [-0.2, 0) is 16.0 Å². The zero-order valence-corrected chi connectivity index (χ0v) is 14.7. The maximum absolute atomic E-state index is 11.5. The van der Waals surface area contributed by atoms with Gasteiger partial charge in [-0.1, -0.05) is 11.6 Å². The smallest absolute Gasteiger partial charge is 0.310 e. The summed E-state index contributed by atoms with van der Waals surface area (Å²) in [5.41, 5.74) is 4.56. The number of halogens is 1. The first-order valence-electron chi connectivity index (χ1n) is 6.92. The Kier molecular flexibility index (Phi) is 6.31. The molecule has 1 saturated heterocycles. The molecule has 0 aromatic heterocycles. The molecular formula is C14H18ClN3O2S2. The predicted octanol–water partition coefficient (Wildman–Crippen LogP) is 2.64. The van der Waals surface area contributed by atoms with Crippen LogP contribution in [0, 0.1) is 0 Å². The summed E-state index contributed by atoms with van der Waals surface area (Å²) < 4.78 is 4.68. The van der Waals surface area contributed by atoms with Crippen LogP contribution in [0.4, 0.5) is 5.69 Å². The van der Waals surface area contributed by atoms with E-state index in [0.717, 1.165) is 25.9 Å². The van der Waals surface area contributed by atoms with Crippen molar-refractivity contribution in [2.45, 2.75) is 24.2 Å². The summed E-state index contributed by atoms with van der Waals surface area (Å²) >= 11 is 16.0. The summed E-state index contributed by atoms with van der Waals surface area (Å²) in [5, 5.41) is 6.10. The summed E-state index contributed by atoms with van der Waals surface area (Å²) in [4.78, 5) is 12.1. The molecule has 0 aliphatic carbocycles. The number of hydrogen-bond acceptors (Lipinski definition) is 5.